The molecule has 0 fully saturated rings. The zero-order valence-corrected chi connectivity index (χ0v) is 11.2. The number of hydrogen-bond donors (Lipinski definition) is 1. The lowest BCUT2D eigenvalue weighted by Gasteiger charge is -1.93. The molecule has 0 amide bonds. The highest BCUT2D eigenvalue weighted by atomic mass is 16.5. The average Bonchev–Trinajstić information content (AvgIpc) is 3.14. The van der Waals surface area contributed by atoms with Crippen LogP contribution in [-0.2, 0) is 0 Å². The largest absolute Gasteiger partial charge is 0.332 e. The molecule has 21 heavy (non-hydrogen) atoms. The summed E-state index contributed by atoms with van der Waals surface area (Å²) in [7, 11) is 0. The number of benzene rings is 1. The summed E-state index contributed by atoms with van der Waals surface area (Å²) in [6.07, 6.45) is 3.40. The Bertz CT molecular complexity index is 910. The van der Waals surface area contributed by atoms with Gasteiger partial charge in [-0.05, 0) is 31.2 Å². The average molecular weight is 277 g/mol. The Morgan fingerprint density at radius 3 is 3.00 bits per heavy atom. The maximum absolute atomic E-state index is 5.34. The van der Waals surface area contributed by atoms with E-state index < -0.39 is 0 Å². The molecule has 4 aromatic rings. The van der Waals surface area contributed by atoms with E-state index in [4.69, 9.17) is 4.52 Å². The van der Waals surface area contributed by atoms with Crippen LogP contribution >= 0.6 is 0 Å². The van der Waals surface area contributed by atoms with Gasteiger partial charge in [-0.25, -0.2) is 0 Å². The molecule has 0 bridgehead atoms. The van der Waals surface area contributed by atoms with Crippen LogP contribution in [0, 0.1) is 6.92 Å². The highest BCUT2D eigenvalue weighted by Crippen LogP contribution is 2.27. The molecule has 0 saturated carbocycles. The molecule has 0 aliphatic rings. The standard InChI is InChI=1S/C15H11N5O/c1-9-4-5-12-11(7-9)13(19-18-12)15-17-14(20-21-15)10-3-2-6-16-8-10/h2-8H,1H3,(H,18,19). The Labute approximate surface area is 119 Å². The van der Waals surface area contributed by atoms with E-state index in [1.165, 1.54) is 0 Å². The lowest BCUT2D eigenvalue weighted by molar-refractivity contribution is 0.431. The van der Waals surface area contributed by atoms with Crippen molar-refractivity contribution < 1.29 is 4.52 Å². The number of aromatic amines is 1. The van der Waals surface area contributed by atoms with E-state index in [0.717, 1.165) is 22.0 Å². The van der Waals surface area contributed by atoms with Gasteiger partial charge in [0.25, 0.3) is 5.89 Å². The summed E-state index contributed by atoms with van der Waals surface area (Å²) in [6.45, 7) is 2.03. The van der Waals surface area contributed by atoms with E-state index in [1.807, 2.05) is 37.3 Å². The molecule has 6 nitrogen and oxygen atoms in total. The predicted octanol–water partition coefficient (Wildman–Crippen LogP) is 2.98. The Morgan fingerprint density at radius 1 is 1.19 bits per heavy atom. The molecule has 1 aromatic carbocycles. The molecule has 102 valence electrons. The van der Waals surface area contributed by atoms with Crippen LogP contribution in [-0.4, -0.2) is 25.3 Å². The molecule has 0 spiro atoms. The number of rotatable bonds is 2. The van der Waals surface area contributed by atoms with Crippen molar-refractivity contribution in [3.8, 4) is 23.0 Å². The van der Waals surface area contributed by atoms with Crippen molar-refractivity contribution in [3.05, 3.63) is 48.3 Å². The van der Waals surface area contributed by atoms with Crippen molar-refractivity contribution in [2.24, 2.45) is 0 Å². The number of nitrogens with zero attached hydrogens (tertiary/aromatic N) is 4. The first kappa shape index (κ1) is 11.8. The number of pyridine rings is 1. The van der Waals surface area contributed by atoms with Crippen LogP contribution in [0.1, 0.15) is 5.56 Å². The van der Waals surface area contributed by atoms with Gasteiger partial charge in [0.1, 0.15) is 0 Å². The van der Waals surface area contributed by atoms with Gasteiger partial charge >= 0.3 is 0 Å². The second-order valence-electron chi connectivity index (χ2n) is 4.79. The molecule has 0 radical (unpaired) electrons. The predicted molar refractivity (Wildman–Crippen MR) is 77.4 cm³/mol. The lowest BCUT2D eigenvalue weighted by atomic mass is 10.1. The highest BCUT2D eigenvalue weighted by Gasteiger charge is 2.16. The van der Waals surface area contributed by atoms with Crippen molar-refractivity contribution in [1.82, 2.24) is 25.3 Å². The van der Waals surface area contributed by atoms with E-state index >= 15 is 0 Å². The topological polar surface area (TPSA) is 80.5 Å². The molecule has 0 saturated heterocycles. The van der Waals surface area contributed by atoms with Gasteiger partial charge < -0.3 is 4.52 Å². The van der Waals surface area contributed by atoms with Gasteiger partial charge in [0, 0.05) is 23.3 Å². The summed E-state index contributed by atoms with van der Waals surface area (Å²) in [5, 5.41) is 12.2. The summed E-state index contributed by atoms with van der Waals surface area (Å²) in [5.41, 5.74) is 3.56. The Balaban J connectivity index is 1.83. The molecule has 3 aromatic heterocycles. The van der Waals surface area contributed by atoms with Crippen LogP contribution in [0.4, 0.5) is 0 Å². The first-order valence-corrected chi connectivity index (χ1v) is 6.50. The van der Waals surface area contributed by atoms with Gasteiger partial charge in [-0.3, -0.25) is 10.1 Å². The van der Waals surface area contributed by atoms with Gasteiger partial charge in [-0.15, -0.1) is 0 Å². The van der Waals surface area contributed by atoms with Crippen LogP contribution in [0.15, 0.2) is 47.2 Å². The smallest absolute Gasteiger partial charge is 0.279 e. The maximum Gasteiger partial charge on any atom is 0.279 e. The quantitative estimate of drug-likeness (QED) is 0.609. The Hall–Kier alpha value is -3.02. The molecule has 4 rings (SSSR count). The van der Waals surface area contributed by atoms with Crippen LogP contribution in [0.5, 0.6) is 0 Å². The van der Waals surface area contributed by atoms with E-state index in [-0.39, 0.29) is 0 Å². The first-order valence-electron chi connectivity index (χ1n) is 6.50. The molecule has 3 heterocycles. The normalized spacial score (nSPS) is 11.1. The monoisotopic (exact) mass is 277 g/mol. The first-order chi connectivity index (χ1) is 10.3. The fourth-order valence-electron chi connectivity index (χ4n) is 2.22. The van der Waals surface area contributed by atoms with Crippen molar-refractivity contribution in [1.29, 1.82) is 0 Å². The zero-order valence-electron chi connectivity index (χ0n) is 11.2. The number of aromatic nitrogens is 5. The van der Waals surface area contributed by atoms with Crippen molar-refractivity contribution >= 4 is 10.9 Å². The third-order valence-electron chi connectivity index (χ3n) is 3.27. The van der Waals surface area contributed by atoms with Crippen LogP contribution in [0.2, 0.25) is 0 Å². The molecule has 0 aliphatic heterocycles. The van der Waals surface area contributed by atoms with Crippen LogP contribution < -0.4 is 0 Å². The number of H-pyrrole nitrogens is 1. The van der Waals surface area contributed by atoms with Gasteiger partial charge in [0.2, 0.25) is 5.82 Å². The number of nitrogens with one attached hydrogen (secondary N) is 1. The molecule has 0 aliphatic carbocycles. The molecule has 6 heteroatoms. The lowest BCUT2D eigenvalue weighted by Crippen LogP contribution is -1.82. The Morgan fingerprint density at radius 2 is 2.14 bits per heavy atom. The fraction of sp³-hybridized carbons (Fsp3) is 0.0667. The minimum Gasteiger partial charge on any atom is -0.332 e. The summed E-state index contributed by atoms with van der Waals surface area (Å²) in [4.78, 5) is 8.45. The minimum atomic E-state index is 0.394. The van der Waals surface area contributed by atoms with Gasteiger partial charge in [-0.1, -0.05) is 16.8 Å². The van der Waals surface area contributed by atoms with Crippen molar-refractivity contribution in [3.63, 3.8) is 0 Å². The SMILES string of the molecule is Cc1ccc2[nH]nc(-c3nc(-c4cccnc4)no3)c2c1. The molecular formula is C15H11N5O. The third kappa shape index (κ3) is 1.97. The third-order valence-corrected chi connectivity index (χ3v) is 3.27. The summed E-state index contributed by atoms with van der Waals surface area (Å²) in [5.74, 6) is 0.896. The Kier molecular flexibility index (Phi) is 2.53. The van der Waals surface area contributed by atoms with Gasteiger partial charge in [-0.2, -0.15) is 10.1 Å². The highest BCUT2D eigenvalue weighted by molar-refractivity contribution is 5.91. The summed E-state index contributed by atoms with van der Waals surface area (Å²) in [6, 6.07) is 9.77. The van der Waals surface area contributed by atoms with E-state index in [1.54, 1.807) is 12.4 Å². The second-order valence-corrected chi connectivity index (χ2v) is 4.79. The van der Waals surface area contributed by atoms with Crippen molar-refractivity contribution in [2.75, 3.05) is 0 Å². The van der Waals surface area contributed by atoms with Crippen molar-refractivity contribution in [2.45, 2.75) is 6.92 Å². The van der Waals surface area contributed by atoms with Gasteiger partial charge in [0.15, 0.2) is 5.69 Å². The van der Waals surface area contributed by atoms with E-state index in [9.17, 15) is 0 Å². The second kappa shape index (κ2) is 4.52. The maximum atomic E-state index is 5.34. The number of fused-ring (bicyclic) bond motifs is 1. The molecule has 1 N–H and O–H groups in total. The van der Waals surface area contributed by atoms with Gasteiger partial charge in [0.05, 0.1) is 5.52 Å². The zero-order chi connectivity index (χ0) is 14.2. The molecule has 0 unspecified atom stereocenters. The molecule has 0 atom stereocenters. The number of hydrogen-bond acceptors (Lipinski definition) is 5. The fourth-order valence-corrected chi connectivity index (χ4v) is 2.22. The van der Waals surface area contributed by atoms with E-state index in [0.29, 0.717) is 17.4 Å². The number of aryl methyl sites for hydroxylation is 1. The molecular weight excluding hydrogens is 266 g/mol. The summed E-state index contributed by atoms with van der Waals surface area (Å²) < 4.78 is 5.34. The van der Waals surface area contributed by atoms with Crippen LogP contribution in [0.3, 0.4) is 0 Å². The van der Waals surface area contributed by atoms with E-state index in [2.05, 4.69) is 25.3 Å². The minimum absolute atomic E-state index is 0.394. The summed E-state index contributed by atoms with van der Waals surface area (Å²) >= 11 is 0. The van der Waals surface area contributed by atoms with Crippen LogP contribution in [0.25, 0.3) is 33.9 Å².